The van der Waals surface area contributed by atoms with Gasteiger partial charge in [0.05, 0.1) is 4.08 Å². The molecule has 0 radical (unpaired) electrons. The molecule has 0 aromatic heterocycles. The highest BCUT2D eigenvalue weighted by atomic mass is 32.2. The van der Waals surface area contributed by atoms with Gasteiger partial charge in [0.25, 0.3) is 0 Å². The van der Waals surface area contributed by atoms with Crippen LogP contribution in [0.1, 0.15) is 47.0 Å². The molecule has 0 heterocycles. The SMILES string of the molecule is CC1C2CC3(S)CC1(C)C(C)(C)C(S)(C2)C3(S)S. The molecule has 4 fully saturated rings. The Balaban J connectivity index is 2.27. The van der Waals surface area contributed by atoms with E-state index in [1.807, 2.05) is 0 Å². The molecule has 0 amide bonds. The second-order valence-electron chi connectivity index (χ2n) is 7.74. The molecule has 4 bridgehead atoms. The molecule has 5 atom stereocenters. The third-order valence-corrected chi connectivity index (χ3v) is 11.3. The second-order valence-corrected chi connectivity index (χ2v) is 11.1. The van der Waals surface area contributed by atoms with Crippen molar-refractivity contribution in [3.63, 3.8) is 0 Å². The van der Waals surface area contributed by atoms with Gasteiger partial charge in [-0.05, 0) is 41.9 Å². The summed E-state index contributed by atoms with van der Waals surface area (Å²) in [7, 11) is 0. The average Bonchev–Trinajstić information content (AvgIpc) is 2.21. The molecule has 0 aromatic carbocycles. The zero-order valence-corrected chi connectivity index (χ0v) is 15.1. The van der Waals surface area contributed by atoms with Crippen LogP contribution in [0.4, 0.5) is 0 Å². The van der Waals surface area contributed by atoms with E-state index in [0.29, 0.717) is 0 Å². The maximum Gasteiger partial charge on any atom is 0.0845 e. The zero-order valence-electron chi connectivity index (χ0n) is 11.6. The van der Waals surface area contributed by atoms with E-state index in [1.165, 1.54) is 0 Å². The van der Waals surface area contributed by atoms with E-state index in [2.05, 4.69) is 27.7 Å². The van der Waals surface area contributed by atoms with Crippen LogP contribution in [0, 0.1) is 22.7 Å². The minimum atomic E-state index is -0.411. The predicted molar refractivity (Wildman–Crippen MR) is 92.5 cm³/mol. The molecule has 0 spiro atoms. The van der Waals surface area contributed by atoms with Gasteiger partial charge in [0, 0.05) is 9.49 Å². The van der Waals surface area contributed by atoms with E-state index in [9.17, 15) is 0 Å². The maximum absolute atomic E-state index is 5.16. The summed E-state index contributed by atoms with van der Waals surface area (Å²) in [6, 6.07) is 0. The average molecular weight is 321 g/mol. The predicted octanol–water partition coefficient (Wildman–Crippen LogP) is 4.38. The van der Waals surface area contributed by atoms with Crippen molar-refractivity contribution in [2.24, 2.45) is 22.7 Å². The standard InChI is InChI=1S/C14H24S4/c1-8-9-5-12(15)7-11(8,4)10(2,3)13(16,6-9)14(12,17)18/h8-9,15-18H,5-7H2,1-4H3. The van der Waals surface area contributed by atoms with Crippen LogP contribution in [0.25, 0.3) is 0 Å². The lowest BCUT2D eigenvalue weighted by atomic mass is 9.36. The summed E-state index contributed by atoms with van der Waals surface area (Å²) in [5.74, 6) is 1.46. The largest absolute Gasteiger partial charge is 0.170 e. The topological polar surface area (TPSA) is 0 Å². The van der Waals surface area contributed by atoms with Crippen LogP contribution < -0.4 is 0 Å². The first-order chi connectivity index (χ1) is 7.93. The Labute approximate surface area is 133 Å². The molecule has 0 nitrogen and oxygen atoms in total. The number of hydrogen-bond acceptors (Lipinski definition) is 4. The van der Waals surface area contributed by atoms with E-state index >= 15 is 0 Å². The van der Waals surface area contributed by atoms with Crippen LogP contribution in [-0.2, 0) is 0 Å². The molecule has 0 aromatic rings. The van der Waals surface area contributed by atoms with Crippen molar-refractivity contribution < 1.29 is 0 Å². The van der Waals surface area contributed by atoms with E-state index in [1.54, 1.807) is 0 Å². The Morgan fingerprint density at radius 2 is 1.50 bits per heavy atom. The van der Waals surface area contributed by atoms with Gasteiger partial charge >= 0.3 is 0 Å². The molecule has 4 saturated carbocycles. The molecule has 4 aliphatic rings. The third-order valence-electron chi connectivity index (χ3n) is 7.22. The number of hydrogen-bond donors (Lipinski definition) is 4. The van der Waals surface area contributed by atoms with Gasteiger partial charge in [0.2, 0.25) is 0 Å². The fourth-order valence-corrected chi connectivity index (χ4v) is 7.97. The number of thiol groups is 4. The van der Waals surface area contributed by atoms with Crippen LogP contribution in [0.15, 0.2) is 0 Å². The van der Waals surface area contributed by atoms with Crippen molar-refractivity contribution in [3.05, 3.63) is 0 Å². The Morgan fingerprint density at radius 3 is 2.06 bits per heavy atom. The monoisotopic (exact) mass is 320 g/mol. The van der Waals surface area contributed by atoms with Gasteiger partial charge < -0.3 is 0 Å². The van der Waals surface area contributed by atoms with Crippen molar-refractivity contribution >= 4 is 50.5 Å². The fourth-order valence-electron chi connectivity index (χ4n) is 5.35. The molecule has 4 rings (SSSR count). The van der Waals surface area contributed by atoms with E-state index in [0.717, 1.165) is 31.1 Å². The summed E-state index contributed by atoms with van der Waals surface area (Å²) in [5.41, 5.74) is 0.405. The molecule has 4 aliphatic carbocycles. The molecule has 0 aliphatic heterocycles. The van der Waals surface area contributed by atoms with Crippen molar-refractivity contribution in [1.29, 1.82) is 0 Å². The van der Waals surface area contributed by atoms with Crippen molar-refractivity contribution in [2.45, 2.75) is 60.5 Å². The molecule has 18 heavy (non-hydrogen) atoms. The Morgan fingerprint density at radius 1 is 0.944 bits per heavy atom. The Hall–Kier alpha value is 1.40. The maximum atomic E-state index is 5.16. The smallest absolute Gasteiger partial charge is 0.0845 e. The Kier molecular flexibility index (Phi) is 2.72. The molecular weight excluding hydrogens is 296 g/mol. The van der Waals surface area contributed by atoms with E-state index in [-0.39, 0.29) is 20.3 Å². The summed E-state index contributed by atoms with van der Waals surface area (Å²) in [6.07, 6.45) is 3.36. The van der Waals surface area contributed by atoms with Gasteiger partial charge in [-0.3, -0.25) is 0 Å². The van der Waals surface area contributed by atoms with Gasteiger partial charge in [-0.15, -0.1) is 0 Å². The molecule has 0 N–H and O–H groups in total. The summed E-state index contributed by atoms with van der Waals surface area (Å²) < 4.78 is -0.664. The summed E-state index contributed by atoms with van der Waals surface area (Å²) in [4.78, 5) is 0. The van der Waals surface area contributed by atoms with Gasteiger partial charge in [0.1, 0.15) is 0 Å². The minimum Gasteiger partial charge on any atom is -0.170 e. The zero-order chi connectivity index (χ0) is 13.8. The lowest BCUT2D eigenvalue weighted by Gasteiger charge is -2.78. The van der Waals surface area contributed by atoms with Crippen LogP contribution in [0.5, 0.6) is 0 Å². The second kappa shape index (κ2) is 3.41. The van der Waals surface area contributed by atoms with Gasteiger partial charge in [-0.1, -0.05) is 27.7 Å². The highest BCUT2D eigenvalue weighted by Crippen LogP contribution is 2.80. The fraction of sp³-hybridized carbons (Fsp3) is 1.00. The molecule has 4 heteroatoms. The van der Waals surface area contributed by atoms with E-state index in [4.69, 9.17) is 50.5 Å². The van der Waals surface area contributed by atoms with Gasteiger partial charge in [0.15, 0.2) is 0 Å². The minimum absolute atomic E-state index is 0.0966. The van der Waals surface area contributed by atoms with Gasteiger partial charge in [-0.25, -0.2) is 0 Å². The molecule has 104 valence electrons. The summed E-state index contributed by atoms with van der Waals surface area (Å²) >= 11 is 20.1. The number of rotatable bonds is 0. The highest BCUT2D eigenvalue weighted by Gasteiger charge is 2.78. The Bertz CT molecular complexity index is 415. The quantitative estimate of drug-likeness (QED) is 0.370. The van der Waals surface area contributed by atoms with Gasteiger partial charge in [-0.2, -0.15) is 50.5 Å². The van der Waals surface area contributed by atoms with Crippen LogP contribution in [-0.4, -0.2) is 13.6 Å². The van der Waals surface area contributed by atoms with Crippen LogP contribution in [0.3, 0.4) is 0 Å². The van der Waals surface area contributed by atoms with Crippen LogP contribution >= 0.6 is 50.5 Å². The third kappa shape index (κ3) is 1.16. The first-order valence-corrected chi connectivity index (χ1v) is 8.61. The lowest BCUT2D eigenvalue weighted by molar-refractivity contribution is -0.162. The van der Waals surface area contributed by atoms with Crippen molar-refractivity contribution in [2.75, 3.05) is 0 Å². The molecule has 5 unspecified atom stereocenters. The summed E-state index contributed by atoms with van der Waals surface area (Å²) in [6.45, 7) is 9.60. The van der Waals surface area contributed by atoms with E-state index < -0.39 is 4.08 Å². The molecule has 0 saturated heterocycles. The summed E-state index contributed by atoms with van der Waals surface area (Å²) in [5, 5.41) is 0. The lowest BCUT2D eigenvalue weighted by Crippen LogP contribution is -2.80. The van der Waals surface area contributed by atoms with Crippen LogP contribution in [0.2, 0.25) is 0 Å². The highest BCUT2D eigenvalue weighted by molar-refractivity contribution is 8.03. The molecular formula is C14H24S4. The normalized spacial score (nSPS) is 60.0. The first-order valence-electron chi connectivity index (χ1n) is 6.82. The first kappa shape index (κ1) is 14.3. The van der Waals surface area contributed by atoms with Crippen molar-refractivity contribution in [1.82, 2.24) is 0 Å². The van der Waals surface area contributed by atoms with Crippen molar-refractivity contribution in [3.8, 4) is 0 Å².